The van der Waals surface area contributed by atoms with E-state index in [1.807, 2.05) is 12.3 Å². The maximum absolute atomic E-state index is 4.77. The summed E-state index contributed by atoms with van der Waals surface area (Å²) in [5, 5.41) is 7.05. The van der Waals surface area contributed by atoms with Crippen LogP contribution in [0.3, 0.4) is 0 Å². The molecule has 28 heavy (non-hydrogen) atoms. The van der Waals surface area contributed by atoms with E-state index < -0.39 is 0 Å². The lowest BCUT2D eigenvalue weighted by atomic mass is 9.88. The average molecular weight is 499 g/mol. The molecule has 1 aromatic heterocycles. The van der Waals surface area contributed by atoms with Gasteiger partial charge in [-0.1, -0.05) is 25.3 Å². The lowest BCUT2D eigenvalue weighted by Crippen LogP contribution is -2.49. The van der Waals surface area contributed by atoms with Gasteiger partial charge in [0.15, 0.2) is 5.96 Å². The second-order valence-electron chi connectivity index (χ2n) is 8.19. The van der Waals surface area contributed by atoms with Crippen molar-refractivity contribution in [3.63, 3.8) is 0 Å². The molecule has 158 valence electrons. The van der Waals surface area contributed by atoms with Gasteiger partial charge in [-0.05, 0) is 57.1 Å². The zero-order chi connectivity index (χ0) is 18.9. The number of hydrogen-bond acceptors (Lipinski definition) is 3. The molecule has 5 nitrogen and oxygen atoms in total. The van der Waals surface area contributed by atoms with Crippen molar-refractivity contribution in [2.75, 3.05) is 26.2 Å². The standard InChI is InChI=1S/C22H37N5.HI/c1-3-23-22(25-16-21-18(2)8-7-13-24-21)26-20-11-14-27(15-12-20)17-19-9-5-4-6-10-19;/h7-8,13,19-20H,3-6,9-12,14-17H2,1-2H3,(H2,23,25,26);1H. The normalized spacial score (nSPS) is 19.9. The summed E-state index contributed by atoms with van der Waals surface area (Å²) < 4.78 is 0. The number of pyridine rings is 1. The Kier molecular flexibility index (Phi) is 10.5. The Morgan fingerprint density at radius 3 is 2.61 bits per heavy atom. The third-order valence-electron chi connectivity index (χ3n) is 6.02. The molecule has 0 spiro atoms. The van der Waals surface area contributed by atoms with Gasteiger partial charge in [0.05, 0.1) is 12.2 Å². The highest BCUT2D eigenvalue weighted by atomic mass is 127. The first-order valence-electron chi connectivity index (χ1n) is 10.9. The predicted octanol–water partition coefficient (Wildman–Crippen LogP) is 4.11. The molecule has 1 saturated carbocycles. The summed E-state index contributed by atoms with van der Waals surface area (Å²) in [6.45, 7) is 9.48. The SMILES string of the molecule is CCNC(=NCc1ncccc1C)NC1CCN(CC2CCCCC2)CC1.I. The molecule has 1 aliphatic heterocycles. The first kappa shape index (κ1) is 23.4. The largest absolute Gasteiger partial charge is 0.357 e. The zero-order valence-electron chi connectivity index (χ0n) is 17.6. The highest BCUT2D eigenvalue weighted by Crippen LogP contribution is 2.25. The molecule has 1 saturated heterocycles. The number of nitrogens with zero attached hydrogens (tertiary/aromatic N) is 3. The summed E-state index contributed by atoms with van der Waals surface area (Å²) in [6.07, 6.45) is 11.5. The molecular formula is C22H38IN5. The van der Waals surface area contributed by atoms with Crippen molar-refractivity contribution in [3.8, 4) is 0 Å². The van der Waals surface area contributed by atoms with Gasteiger partial charge in [-0.3, -0.25) is 4.98 Å². The third kappa shape index (κ3) is 7.50. The van der Waals surface area contributed by atoms with E-state index in [0.29, 0.717) is 12.6 Å². The average Bonchev–Trinajstić information content (AvgIpc) is 2.70. The summed E-state index contributed by atoms with van der Waals surface area (Å²) >= 11 is 0. The molecular weight excluding hydrogens is 461 g/mol. The summed E-state index contributed by atoms with van der Waals surface area (Å²) in [5.41, 5.74) is 2.25. The van der Waals surface area contributed by atoms with Crippen LogP contribution in [-0.4, -0.2) is 48.1 Å². The van der Waals surface area contributed by atoms with Gasteiger partial charge in [-0.25, -0.2) is 4.99 Å². The number of hydrogen-bond donors (Lipinski definition) is 2. The number of aromatic nitrogens is 1. The Morgan fingerprint density at radius 1 is 1.18 bits per heavy atom. The maximum atomic E-state index is 4.77. The number of nitrogens with one attached hydrogen (secondary N) is 2. The Morgan fingerprint density at radius 2 is 1.93 bits per heavy atom. The van der Waals surface area contributed by atoms with Crippen molar-refractivity contribution in [1.29, 1.82) is 0 Å². The molecule has 0 aromatic carbocycles. The number of halogens is 1. The highest BCUT2D eigenvalue weighted by molar-refractivity contribution is 14.0. The number of rotatable bonds is 6. The molecule has 0 atom stereocenters. The molecule has 2 fully saturated rings. The van der Waals surface area contributed by atoms with Gasteiger partial charge in [-0.15, -0.1) is 24.0 Å². The van der Waals surface area contributed by atoms with Crippen LogP contribution in [0.2, 0.25) is 0 Å². The Hall–Kier alpha value is -0.890. The smallest absolute Gasteiger partial charge is 0.191 e. The molecule has 1 aromatic rings. The van der Waals surface area contributed by atoms with Crippen LogP contribution in [0.5, 0.6) is 0 Å². The van der Waals surface area contributed by atoms with E-state index in [2.05, 4.69) is 40.4 Å². The van der Waals surface area contributed by atoms with Crippen LogP contribution in [-0.2, 0) is 6.54 Å². The molecule has 3 rings (SSSR count). The molecule has 0 radical (unpaired) electrons. The van der Waals surface area contributed by atoms with Crippen LogP contribution in [0.4, 0.5) is 0 Å². The Balaban J connectivity index is 0.00000280. The van der Waals surface area contributed by atoms with Gasteiger partial charge in [0, 0.05) is 38.4 Å². The van der Waals surface area contributed by atoms with E-state index in [4.69, 9.17) is 4.99 Å². The summed E-state index contributed by atoms with van der Waals surface area (Å²) in [6, 6.07) is 4.60. The molecule has 0 unspecified atom stereocenters. The fourth-order valence-electron chi connectivity index (χ4n) is 4.35. The van der Waals surface area contributed by atoms with Crippen molar-refractivity contribution in [1.82, 2.24) is 20.5 Å². The molecule has 2 N–H and O–H groups in total. The van der Waals surface area contributed by atoms with Crippen molar-refractivity contribution < 1.29 is 0 Å². The molecule has 0 amide bonds. The van der Waals surface area contributed by atoms with Crippen molar-refractivity contribution in [3.05, 3.63) is 29.6 Å². The molecule has 6 heteroatoms. The van der Waals surface area contributed by atoms with E-state index in [1.165, 1.54) is 70.1 Å². The van der Waals surface area contributed by atoms with Crippen molar-refractivity contribution in [2.45, 2.75) is 71.4 Å². The van der Waals surface area contributed by atoms with Crippen LogP contribution in [0.1, 0.15) is 63.1 Å². The van der Waals surface area contributed by atoms with E-state index >= 15 is 0 Å². The minimum absolute atomic E-state index is 0. The number of aliphatic imine (C=N–C) groups is 1. The van der Waals surface area contributed by atoms with Gasteiger partial charge < -0.3 is 15.5 Å². The highest BCUT2D eigenvalue weighted by Gasteiger charge is 2.23. The fourth-order valence-corrected chi connectivity index (χ4v) is 4.35. The lowest BCUT2D eigenvalue weighted by Gasteiger charge is -2.36. The second-order valence-corrected chi connectivity index (χ2v) is 8.19. The maximum Gasteiger partial charge on any atom is 0.191 e. The zero-order valence-corrected chi connectivity index (χ0v) is 20.0. The van der Waals surface area contributed by atoms with Crippen LogP contribution in [0, 0.1) is 12.8 Å². The number of aryl methyl sites for hydroxylation is 1. The first-order valence-corrected chi connectivity index (χ1v) is 10.9. The summed E-state index contributed by atoms with van der Waals surface area (Å²) in [5.74, 6) is 1.87. The molecule has 1 aliphatic carbocycles. The van der Waals surface area contributed by atoms with E-state index in [0.717, 1.165) is 24.1 Å². The van der Waals surface area contributed by atoms with Crippen LogP contribution < -0.4 is 10.6 Å². The van der Waals surface area contributed by atoms with E-state index in [9.17, 15) is 0 Å². The summed E-state index contributed by atoms with van der Waals surface area (Å²) in [7, 11) is 0. The summed E-state index contributed by atoms with van der Waals surface area (Å²) in [4.78, 5) is 11.9. The lowest BCUT2D eigenvalue weighted by molar-refractivity contribution is 0.160. The van der Waals surface area contributed by atoms with E-state index in [-0.39, 0.29) is 24.0 Å². The van der Waals surface area contributed by atoms with E-state index in [1.54, 1.807) is 0 Å². The second kappa shape index (κ2) is 12.6. The fraction of sp³-hybridized carbons (Fsp3) is 0.727. The van der Waals surface area contributed by atoms with Gasteiger partial charge in [0.1, 0.15) is 0 Å². The third-order valence-corrected chi connectivity index (χ3v) is 6.02. The molecule has 2 aliphatic rings. The van der Waals surface area contributed by atoms with Crippen molar-refractivity contribution in [2.24, 2.45) is 10.9 Å². The number of likely N-dealkylation sites (tertiary alicyclic amines) is 1. The minimum Gasteiger partial charge on any atom is -0.357 e. The Labute approximate surface area is 188 Å². The number of piperidine rings is 1. The first-order chi connectivity index (χ1) is 13.2. The van der Waals surface area contributed by atoms with Gasteiger partial charge >= 0.3 is 0 Å². The predicted molar refractivity (Wildman–Crippen MR) is 128 cm³/mol. The number of guanidine groups is 1. The topological polar surface area (TPSA) is 52.6 Å². The van der Waals surface area contributed by atoms with Crippen LogP contribution in [0.25, 0.3) is 0 Å². The molecule has 0 bridgehead atoms. The van der Waals surface area contributed by atoms with Gasteiger partial charge in [0.2, 0.25) is 0 Å². The van der Waals surface area contributed by atoms with Gasteiger partial charge in [-0.2, -0.15) is 0 Å². The quantitative estimate of drug-likeness (QED) is 0.352. The molecule has 2 heterocycles. The monoisotopic (exact) mass is 499 g/mol. The van der Waals surface area contributed by atoms with Crippen molar-refractivity contribution >= 4 is 29.9 Å². The van der Waals surface area contributed by atoms with Gasteiger partial charge in [0.25, 0.3) is 0 Å². The van der Waals surface area contributed by atoms with Crippen LogP contribution in [0.15, 0.2) is 23.3 Å². The Bertz CT molecular complexity index is 592. The minimum atomic E-state index is 0. The van der Waals surface area contributed by atoms with Crippen LogP contribution >= 0.6 is 24.0 Å².